The molecule has 5 rings (SSSR count). The monoisotopic (exact) mass is 485 g/mol. The van der Waals surface area contributed by atoms with Gasteiger partial charge in [0.15, 0.2) is 11.6 Å². The Kier molecular flexibility index (Phi) is 6.17. The van der Waals surface area contributed by atoms with Gasteiger partial charge in [-0.15, -0.1) is 0 Å². The molecule has 36 heavy (non-hydrogen) atoms. The molecule has 1 amide bonds. The molecule has 0 saturated carbocycles. The van der Waals surface area contributed by atoms with Crippen LogP contribution in [0.2, 0.25) is 0 Å². The summed E-state index contributed by atoms with van der Waals surface area (Å²) in [6.45, 7) is 1.73. The molecule has 1 aliphatic heterocycles. The van der Waals surface area contributed by atoms with Crippen molar-refractivity contribution in [3.05, 3.63) is 105 Å². The second kappa shape index (κ2) is 9.58. The van der Waals surface area contributed by atoms with Gasteiger partial charge in [0.1, 0.15) is 0 Å². The Balaban J connectivity index is 1.36. The molecule has 4 aromatic rings. The zero-order valence-electron chi connectivity index (χ0n) is 19.2. The van der Waals surface area contributed by atoms with Crippen molar-refractivity contribution in [2.75, 3.05) is 31.1 Å². The third-order valence-electron chi connectivity index (χ3n) is 6.39. The Morgan fingerprint density at radius 3 is 2.39 bits per heavy atom. The third-order valence-corrected chi connectivity index (χ3v) is 6.39. The number of hydrogen-bond acceptors (Lipinski definition) is 5. The summed E-state index contributed by atoms with van der Waals surface area (Å²) in [5.41, 5.74) is 1.70. The van der Waals surface area contributed by atoms with Crippen LogP contribution >= 0.6 is 0 Å². The summed E-state index contributed by atoms with van der Waals surface area (Å²) >= 11 is 0. The van der Waals surface area contributed by atoms with Gasteiger partial charge in [-0.2, -0.15) is 10.4 Å². The normalized spacial score (nSPS) is 13.6. The molecule has 1 N–H and O–H groups in total. The number of carbonyl (C=O) groups excluding carboxylic acids is 1. The molecule has 180 valence electrons. The summed E-state index contributed by atoms with van der Waals surface area (Å²) in [4.78, 5) is 28.8. The summed E-state index contributed by atoms with van der Waals surface area (Å²) in [5.74, 6) is -2.87. The molecule has 1 saturated heterocycles. The molecule has 7 nitrogen and oxygen atoms in total. The number of nitrogens with zero attached hydrogens (tertiary/aromatic N) is 4. The number of hydrogen-bond donors (Lipinski definition) is 1. The number of carbonyl (C=O) groups is 1. The van der Waals surface area contributed by atoms with Crippen molar-refractivity contribution in [1.29, 1.82) is 5.26 Å². The average molecular weight is 485 g/mol. The Hall–Kier alpha value is -4.58. The molecule has 0 radical (unpaired) electrons. The van der Waals surface area contributed by atoms with Gasteiger partial charge in [-0.25, -0.2) is 13.9 Å². The minimum Gasteiger partial charge on any atom is -0.368 e. The largest absolute Gasteiger partial charge is 0.368 e. The highest BCUT2D eigenvalue weighted by Crippen LogP contribution is 2.23. The molecular weight excluding hydrogens is 464 g/mol. The number of nitriles is 1. The van der Waals surface area contributed by atoms with Crippen molar-refractivity contribution < 1.29 is 13.6 Å². The molecule has 3 aromatic carbocycles. The Morgan fingerprint density at radius 2 is 1.69 bits per heavy atom. The lowest BCUT2D eigenvalue weighted by Crippen LogP contribution is -2.49. The number of halogens is 2. The second-order valence-electron chi connectivity index (χ2n) is 8.60. The Labute approximate surface area is 205 Å². The van der Waals surface area contributed by atoms with Crippen LogP contribution in [0.25, 0.3) is 10.8 Å². The first-order valence-electron chi connectivity index (χ1n) is 11.4. The van der Waals surface area contributed by atoms with Crippen molar-refractivity contribution in [2.24, 2.45) is 0 Å². The van der Waals surface area contributed by atoms with Crippen LogP contribution in [0, 0.1) is 23.0 Å². The molecule has 0 unspecified atom stereocenters. The van der Waals surface area contributed by atoms with E-state index >= 15 is 0 Å². The maximum absolute atomic E-state index is 14.7. The van der Waals surface area contributed by atoms with Gasteiger partial charge in [0.05, 0.1) is 28.3 Å². The highest BCUT2D eigenvalue weighted by Gasteiger charge is 2.26. The van der Waals surface area contributed by atoms with Gasteiger partial charge in [0, 0.05) is 43.7 Å². The fraction of sp³-hybridized carbons (Fsp3) is 0.185. The van der Waals surface area contributed by atoms with E-state index in [0.29, 0.717) is 53.8 Å². The van der Waals surface area contributed by atoms with E-state index in [4.69, 9.17) is 5.26 Å². The van der Waals surface area contributed by atoms with E-state index in [2.05, 4.69) is 21.2 Å². The van der Waals surface area contributed by atoms with Crippen LogP contribution in [0.4, 0.5) is 14.5 Å². The first-order chi connectivity index (χ1) is 17.4. The Bertz CT molecular complexity index is 1550. The van der Waals surface area contributed by atoms with E-state index in [1.807, 2.05) is 12.1 Å². The summed E-state index contributed by atoms with van der Waals surface area (Å²) in [6, 6.07) is 18.6. The second-order valence-corrected chi connectivity index (χ2v) is 8.60. The topological polar surface area (TPSA) is 93.1 Å². The van der Waals surface area contributed by atoms with Crippen LogP contribution in [0.1, 0.15) is 27.2 Å². The van der Waals surface area contributed by atoms with Crippen LogP contribution in [0.15, 0.2) is 65.5 Å². The van der Waals surface area contributed by atoms with Crippen LogP contribution in [-0.2, 0) is 6.42 Å². The maximum atomic E-state index is 14.7. The van der Waals surface area contributed by atoms with Crippen molar-refractivity contribution >= 4 is 22.4 Å². The molecule has 1 aromatic heterocycles. The lowest BCUT2D eigenvalue weighted by molar-refractivity contribution is 0.0740. The number of rotatable bonds is 4. The number of aromatic amines is 1. The van der Waals surface area contributed by atoms with Gasteiger partial charge >= 0.3 is 0 Å². The van der Waals surface area contributed by atoms with E-state index in [9.17, 15) is 18.4 Å². The van der Waals surface area contributed by atoms with Crippen LogP contribution in [-0.4, -0.2) is 47.2 Å². The predicted octanol–water partition coefficient (Wildman–Crippen LogP) is 3.63. The van der Waals surface area contributed by atoms with Crippen LogP contribution < -0.4 is 10.5 Å². The van der Waals surface area contributed by atoms with E-state index in [1.54, 1.807) is 36.4 Å². The first-order valence-corrected chi connectivity index (χ1v) is 11.4. The third kappa shape index (κ3) is 4.41. The zero-order valence-corrected chi connectivity index (χ0v) is 19.2. The average Bonchev–Trinajstić information content (AvgIpc) is 2.92. The van der Waals surface area contributed by atoms with Gasteiger partial charge in [0.2, 0.25) is 0 Å². The van der Waals surface area contributed by atoms with Crippen LogP contribution in [0.5, 0.6) is 0 Å². The maximum Gasteiger partial charge on any atom is 0.272 e. The summed E-state index contributed by atoms with van der Waals surface area (Å²) < 4.78 is 29.3. The molecule has 0 atom stereocenters. The minimum absolute atomic E-state index is 0.112. The molecule has 2 heterocycles. The SMILES string of the molecule is N#Cc1ccc(N2CCN(C(=O)c3cc(Cc4n[nH]c(=O)c5ccccc45)cc(F)c3F)CC2)cc1. The number of amides is 1. The number of anilines is 1. The summed E-state index contributed by atoms with van der Waals surface area (Å²) in [5, 5.41) is 16.5. The zero-order chi connectivity index (χ0) is 25.2. The van der Waals surface area contributed by atoms with Gasteiger partial charge in [-0.05, 0) is 48.0 Å². The lowest BCUT2D eigenvalue weighted by Gasteiger charge is -2.36. The van der Waals surface area contributed by atoms with Gasteiger partial charge in [0.25, 0.3) is 11.5 Å². The van der Waals surface area contributed by atoms with E-state index in [-0.39, 0.29) is 17.5 Å². The fourth-order valence-electron chi connectivity index (χ4n) is 4.49. The van der Waals surface area contributed by atoms with E-state index < -0.39 is 17.5 Å². The highest BCUT2D eigenvalue weighted by atomic mass is 19.2. The van der Waals surface area contributed by atoms with Gasteiger partial charge < -0.3 is 9.80 Å². The number of fused-ring (bicyclic) bond motifs is 1. The molecule has 1 aliphatic rings. The van der Waals surface area contributed by atoms with Crippen LogP contribution in [0.3, 0.4) is 0 Å². The van der Waals surface area contributed by atoms with Crippen molar-refractivity contribution in [3.63, 3.8) is 0 Å². The van der Waals surface area contributed by atoms with E-state index in [0.717, 1.165) is 11.8 Å². The molecule has 0 spiro atoms. The smallest absolute Gasteiger partial charge is 0.272 e. The standard InChI is InChI=1S/C27H21F2N5O2/c28-23-14-18(15-24-20-3-1-2-4-21(20)26(35)32-31-24)13-22(25(23)29)27(36)34-11-9-33(10-12-34)19-7-5-17(16-30)6-8-19/h1-8,13-14H,9-12,15H2,(H,32,35). The molecule has 1 fully saturated rings. The minimum atomic E-state index is -1.18. The summed E-state index contributed by atoms with van der Waals surface area (Å²) in [7, 11) is 0. The fourth-order valence-corrected chi connectivity index (χ4v) is 4.49. The number of piperazine rings is 1. The van der Waals surface area contributed by atoms with Gasteiger partial charge in [-0.1, -0.05) is 18.2 Å². The number of H-pyrrole nitrogens is 1. The highest BCUT2D eigenvalue weighted by molar-refractivity contribution is 5.95. The number of benzene rings is 3. The van der Waals surface area contributed by atoms with Crippen molar-refractivity contribution in [1.82, 2.24) is 15.1 Å². The summed E-state index contributed by atoms with van der Waals surface area (Å²) in [6.07, 6.45) is 0.112. The Morgan fingerprint density at radius 1 is 1.00 bits per heavy atom. The molecule has 9 heteroatoms. The lowest BCUT2D eigenvalue weighted by atomic mass is 10.0. The predicted molar refractivity (Wildman–Crippen MR) is 131 cm³/mol. The molecule has 0 bridgehead atoms. The number of aromatic nitrogens is 2. The molecular formula is C27H21F2N5O2. The molecule has 0 aliphatic carbocycles. The van der Waals surface area contributed by atoms with E-state index in [1.165, 1.54) is 11.0 Å². The quantitative estimate of drug-likeness (QED) is 0.477. The number of nitrogens with one attached hydrogen (secondary N) is 1. The van der Waals surface area contributed by atoms with Gasteiger partial charge in [-0.3, -0.25) is 9.59 Å². The first kappa shape index (κ1) is 23.2. The van der Waals surface area contributed by atoms with Crippen molar-refractivity contribution in [3.8, 4) is 6.07 Å². The van der Waals surface area contributed by atoms with Crippen molar-refractivity contribution in [2.45, 2.75) is 6.42 Å².